The van der Waals surface area contributed by atoms with Gasteiger partial charge in [-0.15, -0.1) is 0 Å². The van der Waals surface area contributed by atoms with Crippen LogP contribution in [0.5, 0.6) is 0 Å². The van der Waals surface area contributed by atoms with Crippen LogP contribution in [0, 0.1) is 0 Å². The van der Waals surface area contributed by atoms with E-state index in [1.54, 1.807) is 29.3 Å². The molecule has 0 spiro atoms. The Balaban J connectivity index is 1.83. The number of piperazine rings is 1. The molecule has 2 N–H and O–H groups in total. The third-order valence-corrected chi connectivity index (χ3v) is 3.60. The van der Waals surface area contributed by atoms with Gasteiger partial charge in [-0.2, -0.15) is 0 Å². The minimum absolute atomic E-state index is 0.590. The first-order chi connectivity index (χ1) is 9.54. The largest absolute Gasteiger partial charge is 0.323 e. The van der Waals surface area contributed by atoms with Crippen molar-refractivity contribution in [2.45, 2.75) is 0 Å². The Morgan fingerprint density at radius 1 is 1.05 bits per heavy atom. The van der Waals surface area contributed by atoms with E-state index < -0.39 is 11.8 Å². The Labute approximate surface area is 126 Å². The zero-order chi connectivity index (χ0) is 14.5. The molecule has 20 heavy (non-hydrogen) atoms. The van der Waals surface area contributed by atoms with Crippen LogP contribution < -0.4 is 10.7 Å². The molecule has 1 saturated heterocycles. The fraction of sp³-hybridized carbons (Fsp3) is 0.385. The summed E-state index contributed by atoms with van der Waals surface area (Å²) in [5.74, 6) is -1.30. The molecule has 0 bridgehead atoms. The first kappa shape index (κ1) is 15.0. The van der Waals surface area contributed by atoms with E-state index in [1.807, 2.05) is 7.05 Å². The third kappa shape index (κ3) is 4.29. The van der Waals surface area contributed by atoms with Gasteiger partial charge in [-0.25, -0.2) is 5.01 Å². The summed E-state index contributed by atoms with van der Waals surface area (Å²) < 4.78 is 0.914. The second-order valence-electron chi connectivity index (χ2n) is 4.69. The summed E-state index contributed by atoms with van der Waals surface area (Å²) in [4.78, 5) is 25.7. The number of benzene rings is 1. The summed E-state index contributed by atoms with van der Waals surface area (Å²) in [7, 11) is 2.03. The zero-order valence-electron chi connectivity index (χ0n) is 11.2. The lowest BCUT2D eigenvalue weighted by atomic mass is 10.3. The van der Waals surface area contributed by atoms with Crippen LogP contribution in [-0.2, 0) is 9.59 Å². The fourth-order valence-corrected chi connectivity index (χ4v) is 2.10. The molecule has 0 unspecified atom stereocenters. The summed E-state index contributed by atoms with van der Waals surface area (Å²) >= 11 is 3.31. The molecular formula is C13H17BrN4O2. The first-order valence-corrected chi connectivity index (χ1v) is 7.15. The Morgan fingerprint density at radius 3 is 2.25 bits per heavy atom. The smallest absolute Gasteiger partial charge is 0.318 e. The molecule has 1 aromatic carbocycles. The highest BCUT2D eigenvalue weighted by atomic mass is 79.9. The van der Waals surface area contributed by atoms with Crippen LogP contribution in [0.15, 0.2) is 28.7 Å². The van der Waals surface area contributed by atoms with Crippen molar-refractivity contribution in [3.05, 3.63) is 28.7 Å². The summed E-state index contributed by atoms with van der Waals surface area (Å²) in [5.41, 5.74) is 3.21. The predicted octanol–water partition coefficient (Wildman–Crippen LogP) is 0.666. The average Bonchev–Trinajstić information content (AvgIpc) is 2.44. The first-order valence-electron chi connectivity index (χ1n) is 6.35. The highest BCUT2D eigenvalue weighted by molar-refractivity contribution is 9.10. The van der Waals surface area contributed by atoms with E-state index in [-0.39, 0.29) is 0 Å². The zero-order valence-corrected chi connectivity index (χ0v) is 12.8. The van der Waals surface area contributed by atoms with Gasteiger partial charge in [0.15, 0.2) is 0 Å². The topological polar surface area (TPSA) is 64.7 Å². The van der Waals surface area contributed by atoms with E-state index in [0.29, 0.717) is 18.8 Å². The van der Waals surface area contributed by atoms with E-state index >= 15 is 0 Å². The van der Waals surface area contributed by atoms with Gasteiger partial charge in [-0.05, 0) is 31.3 Å². The van der Waals surface area contributed by atoms with Crippen LogP contribution >= 0.6 is 15.9 Å². The molecule has 1 heterocycles. The molecule has 2 rings (SSSR count). The number of anilines is 1. The van der Waals surface area contributed by atoms with E-state index in [9.17, 15) is 9.59 Å². The van der Waals surface area contributed by atoms with Gasteiger partial charge in [-0.3, -0.25) is 15.0 Å². The molecule has 0 atom stereocenters. The Bertz CT molecular complexity index is 484. The van der Waals surface area contributed by atoms with Crippen LogP contribution in [0.3, 0.4) is 0 Å². The Morgan fingerprint density at radius 2 is 1.65 bits per heavy atom. The fourth-order valence-electron chi connectivity index (χ4n) is 1.83. The average molecular weight is 341 g/mol. The van der Waals surface area contributed by atoms with Crippen molar-refractivity contribution in [1.82, 2.24) is 15.3 Å². The predicted molar refractivity (Wildman–Crippen MR) is 80.0 cm³/mol. The van der Waals surface area contributed by atoms with Gasteiger partial charge in [0.2, 0.25) is 0 Å². The molecule has 1 fully saturated rings. The Kier molecular flexibility index (Phi) is 5.11. The molecule has 0 radical (unpaired) electrons. The van der Waals surface area contributed by atoms with Crippen molar-refractivity contribution in [2.75, 3.05) is 38.5 Å². The maximum absolute atomic E-state index is 11.8. The maximum Gasteiger partial charge on any atom is 0.323 e. The standard InChI is InChI=1S/C13H17BrN4O2/c1-17-6-8-18(9-7-17)16-13(20)12(19)15-11-4-2-10(14)3-5-11/h2-5H,6-9H2,1H3,(H,15,19)(H,16,20). The number of carbonyl (C=O) groups excluding carboxylic acids is 2. The van der Waals surface area contributed by atoms with E-state index in [0.717, 1.165) is 17.6 Å². The minimum Gasteiger partial charge on any atom is -0.318 e. The molecule has 0 saturated carbocycles. The van der Waals surface area contributed by atoms with Crippen molar-refractivity contribution in [3.63, 3.8) is 0 Å². The molecular weight excluding hydrogens is 324 g/mol. The number of likely N-dealkylation sites (N-methyl/N-ethyl adjacent to an activating group) is 1. The number of nitrogens with zero attached hydrogens (tertiary/aromatic N) is 2. The lowest BCUT2D eigenvalue weighted by Gasteiger charge is -2.32. The molecule has 0 aromatic heterocycles. The molecule has 1 aliphatic heterocycles. The molecule has 0 aliphatic carbocycles. The van der Waals surface area contributed by atoms with Crippen LogP contribution in [-0.4, -0.2) is 54.9 Å². The lowest BCUT2D eigenvalue weighted by molar-refractivity contribution is -0.139. The molecule has 7 heteroatoms. The maximum atomic E-state index is 11.8. The lowest BCUT2D eigenvalue weighted by Crippen LogP contribution is -2.54. The SMILES string of the molecule is CN1CCN(NC(=O)C(=O)Nc2ccc(Br)cc2)CC1. The van der Waals surface area contributed by atoms with Gasteiger partial charge >= 0.3 is 11.8 Å². The number of rotatable bonds is 2. The van der Waals surface area contributed by atoms with Crippen molar-refractivity contribution in [2.24, 2.45) is 0 Å². The highest BCUT2D eigenvalue weighted by Gasteiger charge is 2.20. The van der Waals surface area contributed by atoms with Crippen LogP contribution in [0.4, 0.5) is 5.69 Å². The summed E-state index contributed by atoms with van der Waals surface area (Å²) in [6.45, 7) is 3.17. The van der Waals surface area contributed by atoms with E-state index in [1.165, 1.54) is 0 Å². The number of carbonyl (C=O) groups is 2. The Hall–Kier alpha value is -1.44. The van der Waals surface area contributed by atoms with Gasteiger partial charge in [-0.1, -0.05) is 15.9 Å². The number of halogens is 1. The molecule has 6 nitrogen and oxygen atoms in total. The second kappa shape index (κ2) is 6.83. The van der Waals surface area contributed by atoms with Gasteiger partial charge < -0.3 is 10.2 Å². The van der Waals surface area contributed by atoms with E-state index in [4.69, 9.17) is 0 Å². The minimum atomic E-state index is -0.661. The van der Waals surface area contributed by atoms with Gasteiger partial charge in [0, 0.05) is 36.3 Å². The summed E-state index contributed by atoms with van der Waals surface area (Å²) in [6, 6.07) is 7.05. The van der Waals surface area contributed by atoms with Gasteiger partial charge in [0.1, 0.15) is 0 Å². The van der Waals surface area contributed by atoms with Crippen LogP contribution in [0.25, 0.3) is 0 Å². The number of nitrogens with one attached hydrogen (secondary N) is 2. The normalized spacial score (nSPS) is 16.7. The number of amides is 2. The highest BCUT2D eigenvalue weighted by Crippen LogP contribution is 2.13. The monoisotopic (exact) mass is 340 g/mol. The summed E-state index contributed by atoms with van der Waals surface area (Å²) in [5, 5.41) is 4.33. The third-order valence-electron chi connectivity index (χ3n) is 3.07. The van der Waals surface area contributed by atoms with Crippen molar-refractivity contribution < 1.29 is 9.59 Å². The van der Waals surface area contributed by atoms with Gasteiger partial charge in [0.05, 0.1) is 0 Å². The van der Waals surface area contributed by atoms with Crippen molar-refractivity contribution in [1.29, 1.82) is 0 Å². The summed E-state index contributed by atoms with van der Waals surface area (Å²) in [6.07, 6.45) is 0. The van der Waals surface area contributed by atoms with Crippen LogP contribution in [0.1, 0.15) is 0 Å². The quantitative estimate of drug-likeness (QED) is 0.776. The second-order valence-corrected chi connectivity index (χ2v) is 5.61. The number of hydrogen-bond donors (Lipinski definition) is 2. The number of hydrazine groups is 1. The van der Waals surface area contributed by atoms with Crippen molar-refractivity contribution in [3.8, 4) is 0 Å². The molecule has 1 aliphatic rings. The van der Waals surface area contributed by atoms with E-state index in [2.05, 4.69) is 31.6 Å². The van der Waals surface area contributed by atoms with Crippen molar-refractivity contribution >= 4 is 33.4 Å². The molecule has 2 amide bonds. The molecule has 108 valence electrons. The van der Waals surface area contributed by atoms with Gasteiger partial charge in [0.25, 0.3) is 0 Å². The number of hydrogen-bond acceptors (Lipinski definition) is 4. The van der Waals surface area contributed by atoms with Crippen LogP contribution in [0.2, 0.25) is 0 Å². The molecule has 1 aromatic rings.